The molecule has 2 unspecified atom stereocenters. The zero-order valence-corrected chi connectivity index (χ0v) is 7.62. The Hall–Kier alpha value is -1.50. The molecule has 0 radical (unpaired) electrons. The highest BCUT2D eigenvalue weighted by Gasteiger charge is 2.24. The fourth-order valence-electron chi connectivity index (χ4n) is 1.44. The van der Waals surface area contributed by atoms with Crippen molar-refractivity contribution in [1.29, 1.82) is 0 Å². The molecular weight excluding hydrogens is 184 g/mol. The minimum atomic E-state index is -0.279. The van der Waals surface area contributed by atoms with Crippen LogP contribution in [-0.4, -0.2) is 24.6 Å². The van der Waals surface area contributed by atoms with Gasteiger partial charge in [0.1, 0.15) is 6.61 Å². The Morgan fingerprint density at radius 1 is 1.21 bits per heavy atom. The van der Waals surface area contributed by atoms with Crippen molar-refractivity contribution in [3.8, 4) is 11.8 Å². The number of hydrogen-bond acceptors (Lipinski definition) is 4. The maximum absolute atomic E-state index is 10.7. The molecule has 2 aliphatic rings. The van der Waals surface area contributed by atoms with Crippen LogP contribution in [0.4, 0.5) is 0 Å². The number of carbonyl (C=O) groups is 2. The molecule has 0 spiro atoms. The third kappa shape index (κ3) is 2.05. The first-order valence-electron chi connectivity index (χ1n) is 4.60. The lowest BCUT2D eigenvalue weighted by Gasteiger charge is -1.98. The van der Waals surface area contributed by atoms with E-state index in [-0.39, 0.29) is 24.0 Å². The standard InChI is InChI=1S/C10H10O4/c11-9-4-3-8(14-9)2-1-7-5-10(12)13-6-7/h7-8H,3-6H2. The van der Waals surface area contributed by atoms with Crippen molar-refractivity contribution in [2.24, 2.45) is 5.92 Å². The first-order chi connectivity index (χ1) is 6.74. The number of ether oxygens (including phenoxy) is 2. The zero-order valence-electron chi connectivity index (χ0n) is 7.62. The van der Waals surface area contributed by atoms with Gasteiger partial charge in [-0.2, -0.15) is 0 Å². The van der Waals surface area contributed by atoms with Gasteiger partial charge < -0.3 is 9.47 Å². The fraction of sp³-hybridized carbons (Fsp3) is 0.600. The first-order valence-corrected chi connectivity index (χ1v) is 4.60. The van der Waals surface area contributed by atoms with Gasteiger partial charge in [-0.05, 0) is 0 Å². The Balaban J connectivity index is 1.87. The summed E-state index contributed by atoms with van der Waals surface area (Å²) in [5, 5.41) is 0. The molecule has 14 heavy (non-hydrogen) atoms. The molecule has 74 valence electrons. The second-order valence-electron chi connectivity index (χ2n) is 3.39. The highest BCUT2D eigenvalue weighted by Crippen LogP contribution is 2.15. The van der Waals surface area contributed by atoms with E-state index in [2.05, 4.69) is 11.8 Å². The van der Waals surface area contributed by atoms with Crippen LogP contribution >= 0.6 is 0 Å². The van der Waals surface area contributed by atoms with Crippen LogP contribution in [0, 0.1) is 17.8 Å². The Bertz CT molecular complexity index is 293. The molecule has 4 heteroatoms. The van der Waals surface area contributed by atoms with E-state index in [1.54, 1.807) is 0 Å². The Morgan fingerprint density at radius 2 is 2.07 bits per heavy atom. The van der Waals surface area contributed by atoms with Gasteiger partial charge in [-0.15, -0.1) is 0 Å². The van der Waals surface area contributed by atoms with Crippen LogP contribution in [0.5, 0.6) is 0 Å². The molecule has 2 rings (SSSR count). The number of esters is 2. The molecule has 2 saturated heterocycles. The van der Waals surface area contributed by atoms with Gasteiger partial charge in [0.2, 0.25) is 0 Å². The molecule has 0 aromatic heterocycles. The second kappa shape index (κ2) is 3.70. The third-order valence-corrected chi connectivity index (χ3v) is 2.19. The quantitative estimate of drug-likeness (QED) is 0.410. The van der Waals surface area contributed by atoms with Gasteiger partial charge in [0.15, 0.2) is 6.10 Å². The summed E-state index contributed by atoms with van der Waals surface area (Å²) >= 11 is 0. The summed E-state index contributed by atoms with van der Waals surface area (Å²) in [6.45, 7) is 0.368. The zero-order chi connectivity index (χ0) is 9.97. The van der Waals surface area contributed by atoms with Gasteiger partial charge in [-0.3, -0.25) is 9.59 Å². The van der Waals surface area contributed by atoms with Crippen LogP contribution in [0.3, 0.4) is 0 Å². The van der Waals surface area contributed by atoms with Crippen molar-refractivity contribution in [3.63, 3.8) is 0 Å². The summed E-state index contributed by atoms with van der Waals surface area (Å²) in [5.74, 6) is 5.33. The molecule has 0 aromatic rings. The third-order valence-electron chi connectivity index (χ3n) is 2.19. The average Bonchev–Trinajstić information content (AvgIpc) is 2.72. The predicted molar refractivity (Wildman–Crippen MR) is 46.0 cm³/mol. The van der Waals surface area contributed by atoms with E-state index in [1.165, 1.54) is 0 Å². The molecule has 4 nitrogen and oxygen atoms in total. The van der Waals surface area contributed by atoms with Gasteiger partial charge in [0.05, 0.1) is 18.8 Å². The number of hydrogen-bond donors (Lipinski definition) is 0. The average molecular weight is 194 g/mol. The van der Waals surface area contributed by atoms with E-state index in [9.17, 15) is 9.59 Å². The van der Waals surface area contributed by atoms with Crippen LogP contribution in [0.2, 0.25) is 0 Å². The maximum Gasteiger partial charge on any atom is 0.307 e. The smallest absolute Gasteiger partial charge is 0.307 e. The molecular formula is C10H10O4. The monoisotopic (exact) mass is 194 g/mol. The Morgan fingerprint density at radius 3 is 2.64 bits per heavy atom. The fourth-order valence-corrected chi connectivity index (χ4v) is 1.44. The topological polar surface area (TPSA) is 52.6 Å². The number of cyclic esters (lactones) is 2. The summed E-state index contributed by atoms with van der Waals surface area (Å²) in [6, 6.07) is 0. The van der Waals surface area contributed by atoms with Gasteiger partial charge in [0, 0.05) is 6.42 Å². The van der Waals surface area contributed by atoms with E-state index in [0.29, 0.717) is 25.9 Å². The van der Waals surface area contributed by atoms with Gasteiger partial charge in [-0.1, -0.05) is 11.8 Å². The molecule has 0 N–H and O–H groups in total. The Kier molecular flexibility index (Phi) is 2.40. The van der Waals surface area contributed by atoms with Gasteiger partial charge >= 0.3 is 11.9 Å². The van der Waals surface area contributed by atoms with Crippen molar-refractivity contribution in [2.75, 3.05) is 6.61 Å². The molecule has 2 atom stereocenters. The van der Waals surface area contributed by atoms with Crippen molar-refractivity contribution in [3.05, 3.63) is 0 Å². The SMILES string of the molecule is O=C1CC(C#CC2CCC(=O)O2)CO1. The predicted octanol–water partition coefficient (Wildman–Crippen LogP) is 0.258. The second-order valence-corrected chi connectivity index (χ2v) is 3.39. The molecule has 2 aliphatic heterocycles. The lowest BCUT2D eigenvalue weighted by molar-refractivity contribution is -0.140. The molecule has 0 bridgehead atoms. The van der Waals surface area contributed by atoms with E-state index < -0.39 is 0 Å². The highest BCUT2D eigenvalue weighted by molar-refractivity contribution is 5.73. The Labute approximate surface area is 81.6 Å². The summed E-state index contributed by atoms with van der Waals surface area (Å²) in [7, 11) is 0. The molecule has 2 heterocycles. The van der Waals surface area contributed by atoms with Crippen molar-refractivity contribution < 1.29 is 19.1 Å². The molecule has 0 aromatic carbocycles. The highest BCUT2D eigenvalue weighted by atomic mass is 16.5. The molecule has 0 saturated carbocycles. The normalized spacial score (nSPS) is 30.6. The minimum Gasteiger partial charge on any atom is -0.464 e. The maximum atomic E-state index is 10.7. The van der Waals surface area contributed by atoms with E-state index in [0.717, 1.165) is 0 Å². The van der Waals surface area contributed by atoms with Gasteiger partial charge in [-0.25, -0.2) is 0 Å². The molecule has 0 aliphatic carbocycles. The van der Waals surface area contributed by atoms with Crippen LogP contribution < -0.4 is 0 Å². The van der Waals surface area contributed by atoms with E-state index in [4.69, 9.17) is 9.47 Å². The number of carbonyl (C=O) groups excluding carboxylic acids is 2. The lowest BCUT2D eigenvalue weighted by Crippen LogP contribution is -2.04. The van der Waals surface area contributed by atoms with Crippen LogP contribution in [0.1, 0.15) is 19.3 Å². The van der Waals surface area contributed by atoms with Crippen molar-refractivity contribution in [1.82, 2.24) is 0 Å². The van der Waals surface area contributed by atoms with E-state index in [1.807, 2.05) is 0 Å². The summed E-state index contributed by atoms with van der Waals surface area (Å²) in [4.78, 5) is 21.5. The van der Waals surface area contributed by atoms with Crippen LogP contribution in [0.15, 0.2) is 0 Å². The summed E-state index contributed by atoms with van der Waals surface area (Å²) in [6.07, 6.45) is 1.18. The van der Waals surface area contributed by atoms with Crippen LogP contribution in [0.25, 0.3) is 0 Å². The van der Waals surface area contributed by atoms with Crippen molar-refractivity contribution in [2.45, 2.75) is 25.4 Å². The first kappa shape index (κ1) is 9.07. The summed E-state index contributed by atoms with van der Waals surface area (Å²) in [5.41, 5.74) is 0. The number of rotatable bonds is 0. The molecule has 2 fully saturated rings. The van der Waals surface area contributed by atoms with E-state index >= 15 is 0 Å². The molecule has 0 amide bonds. The lowest BCUT2D eigenvalue weighted by atomic mass is 10.1. The van der Waals surface area contributed by atoms with Crippen LogP contribution in [-0.2, 0) is 19.1 Å². The minimum absolute atomic E-state index is 0.0261. The van der Waals surface area contributed by atoms with Crippen molar-refractivity contribution >= 4 is 11.9 Å². The summed E-state index contributed by atoms with van der Waals surface area (Å²) < 4.78 is 9.66. The van der Waals surface area contributed by atoms with Gasteiger partial charge in [0.25, 0.3) is 0 Å². The largest absolute Gasteiger partial charge is 0.464 e.